The van der Waals surface area contributed by atoms with Crippen LogP contribution in [0, 0.1) is 5.92 Å². The number of nitrogens with one attached hydrogen (secondary N) is 1. The number of β-lactam (4-membered cyclic amide) rings is 1. The fraction of sp³-hybridized carbons (Fsp3) is 0.875. The van der Waals surface area contributed by atoms with Crippen molar-refractivity contribution in [1.82, 2.24) is 5.32 Å². The Morgan fingerprint density at radius 3 is 2.52 bits per heavy atom. The summed E-state index contributed by atoms with van der Waals surface area (Å²) in [6.45, 7) is 13.0. The Labute approximate surface area is 169 Å². The summed E-state index contributed by atoms with van der Waals surface area (Å²) in [6, 6.07) is 0. The normalized spacial score (nSPS) is 31.4. The minimum atomic E-state index is -1.91. The third-order valence-electron chi connectivity index (χ3n) is 5.23. The predicted molar refractivity (Wildman–Crippen MR) is 117 cm³/mol. The van der Waals surface area contributed by atoms with Crippen LogP contribution in [0.3, 0.4) is 0 Å². The molecule has 1 amide bonds. The summed E-state index contributed by atoms with van der Waals surface area (Å²) < 4.78 is 18.7. The highest BCUT2D eigenvalue weighted by Gasteiger charge is 2.48. The van der Waals surface area contributed by atoms with E-state index in [1.54, 1.807) is 23.5 Å². The molecule has 9 heteroatoms. The van der Waals surface area contributed by atoms with Gasteiger partial charge in [-0.1, -0.05) is 44.8 Å². The molecule has 2 heterocycles. The van der Waals surface area contributed by atoms with Crippen molar-refractivity contribution in [2.75, 3.05) is 11.5 Å². The average Bonchev–Trinajstić information content (AvgIpc) is 2.80. The Bertz CT molecular complexity index is 564. The zero-order valence-corrected chi connectivity index (χ0v) is 20.1. The molecule has 144 valence electrons. The van der Waals surface area contributed by atoms with Crippen LogP contribution in [-0.2, 0) is 20.0 Å². The molecule has 4 nitrogen and oxygen atoms in total. The van der Waals surface area contributed by atoms with Gasteiger partial charge >= 0.3 is 0 Å². The molecular weight excluding hydrogens is 411 g/mol. The standard InChI is InChI=1S/C16H29NO3S4Si/c1-10(20-25(5,6)16(2,3)4)12-13(18)17-14(12)23-15(21)22-11-7-8-24(19)9-11/h10-12,14H,7-9H2,1-6H3,(H,17,18)/t10-,11+,12+,14-,24-/m1/s1. The van der Waals surface area contributed by atoms with Crippen molar-refractivity contribution >= 4 is 64.3 Å². The van der Waals surface area contributed by atoms with Gasteiger partial charge in [0.15, 0.2) is 8.32 Å². The molecular formula is C16H29NO3S4Si. The summed E-state index contributed by atoms with van der Waals surface area (Å²) in [6.07, 6.45) is 0.850. The first-order chi connectivity index (χ1) is 11.4. The molecule has 2 fully saturated rings. The topological polar surface area (TPSA) is 55.4 Å². The molecule has 2 saturated heterocycles. The number of carbonyl (C=O) groups is 1. The van der Waals surface area contributed by atoms with Crippen LogP contribution in [0.5, 0.6) is 0 Å². The van der Waals surface area contributed by atoms with E-state index in [9.17, 15) is 9.00 Å². The van der Waals surface area contributed by atoms with Crippen LogP contribution in [0.25, 0.3) is 0 Å². The van der Waals surface area contributed by atoms with Gasteiger partial charge in [0.2, 0.25) is 5.91 Å². The van der Waals surface area contributed by atoms with E-state index in [1.165, 1.54) is 0 Å². The summed E-state index contributed by atoms with van der Waals surface area (Å²) in [4.78, 5) is 12.1. The van der Waals surface area contributed by atoms with Gasteiger partial charge in [-0.2, -0.15) is 0 Å². The van der Waals surface area contributed by atoms with Gasteiger partial charge in [-0.3, -0.25) is 9.00 Å². The van der Waals surface area contributed by atoms with Gasteiger partial charge in [0.25, 0.3) is 0 Å². The molecule has 0 bridgehead atoms. The van der Waals surface area contributed by atoms with Gasteiger partial charge in [0, 0.05) is 27.6 Å². The third-order valence-corrected chi connectivity index (χ3v) is 14.4. The van der Waals surface area contributed by atoms with Gasteiger partial charge in [-0.05, 0) is 31.5 Å². The Balaban J connectivity index is 1.89. The van der Waals surface area contributed by atoms with E-state index in [4.69, 9.17) is 16.6 Å². The Kier molecular flexibility index (Phi) is 7.27. The van der Waals surface area contributed by atoms with Gasteiger partial charge in [-0.25, -0.2) is 0 Å². The molecule has 2 rings (SSSR count). The quantitative estimate of drug-likeness (QED) is 0.400. The smallest absolute Gasteiger partial charge is 0.229 e. The Morgan fingerprint density at radius 2 is 2.04 bits per heavy atom. The largest absolute Gasteiger partial charge is 0.413 e. The first kappa shape index (κ1) is 21.9. The lowest BCUT2D eigenvalue weighted by Gasteiger charge is -2.45. The summed E-state index contributed by atoms with van der Waals surface area (Å²) in [7, 11) is -2.60. The van der Waals surface area contributed by atoms with Crippen molar-refractivity contribution in [2.45, 2.75) is 69.0 Å². The molecule has 0 saturated carbocycles. The number of thiocarbonyl (C=S) groups is 1. The molecule has 0 unspecified atom stereocenters. The molecule has 0 aromatic rings. The van der Waals surface area contributed by atoms with Gasteiger partial charge in [0.05, 0.1) is 17.4 Å². The van der Waals surface area contributed by atoms with Crippen LogP contribution in [0.4, 0.5) is 0 Å². The number of amides is 1. The SMILES string of the molecule is C[C@@H](O[Si](C)(C)C(C)(C)C)[C@H]1C(=O)N[C@@H]1SC(=S)S[C@H]1CC[S@@](=O)C1. The second-order valence-electron chi connectivity index (χ2n) is 8.25. The minimum Gasteiger partial charge on any atom is -0.413 e. The maximum absolute atomic E-state index is 12.1. The van der Waals surface area contributed by atoms with Crippen molar-refractivity contribution in [3.63, 3.8) is 0 Å². The lowest BCUT2D eigenvalue weighted by atomic mass is 9.96. The zero-order valence-electron chi connectivity index (χ0n) is 15.8. The lowest BCUT2D eigenvalue weighted by molar-refractivity contribution is -0.136. The summed E-state index contributed by atoms with van der Waals surface area (Å²) >= 11 is 8.68. The second-order valence-corrected chi connectivity index (χ2v) is 18.3. The minimum absolute atomic E-state index is 0.0147. The summed E-state index contributed by atoms with van der Waals surface area (Å²) in [5, 5.41) is 3.42. The van der Waals surface area contributed by atoms with E-state index in [-0.39, 0.29) is 28.3 Å². The maximum Gasteiger partial charge on any atom is 0.229 e. The monoisotopic (exact) mass is 439 g/mol. The molecule has 25 heavy (non-hydrogen) atoms. The number of carbonyl (C=O) groups excluding carboxylic acids is 1. The Morgan fingerprint density at radius 1 is 1.40 bits per heavy atom. The number of hydrogen-bond acceptors (Lipinski definition) is 6. The molecule has 0 aromatic carbocycles. The van der Waals surface area contributed by atoms with Crippen molar-refractivity contribution < 1.29 is 13.4 Å². The summed E-state index contributed by atoms with van der Waals surface area (Å²) in [5.41, 5.74) is 0. The molecule has 2 aliphatic heterocycles. The molecule has 2 aliphatic rings. The number of thioether (sulfide) groups is 2. The first-order valence-electron chi connectivity index (χ1n) is 8.61. The lowest BCUT2D eigenvalue weighted by Crippen LogP contribution is -2.62. The zero-order chi connectivity index (χ0) is 19.0. The van der Waals surface area contributed by atoms with Gasteiger partial charge in [0.1, 0.15) is 3.53 Å². The van der Waals surface area contributed by atoms with Crippen LogP contribution in [0.2, 0.25) is 18.1 Å². The number of hydrogen-bond donors (Lipinski definition) is 1. The first-order valence-corrected chi connectivity index (χ1v) is 15.2. The average molecular weight is 440 g/mol. The van der Waals surface area contributed by atoms with Crippen LogP contribution < -0.4 is 5.32 Å². The maximum atomic E-state index is 12.1. The molecule has 0 spiro atoms. The van der Waals surface area contributed by atoms with E-state index in [0.29, 0.717) is 5.25 Å². The van der Waals surface area contributed by atoms with Gasteiger partial charge in [-0.15, -0.1) is 11.8 Å². The predicted octanol–water partition coefficient (Wildman–Crippen LogP) is 3.74. The van der Waals surface area contributed by atoms with Gasteiger partial charge < -0.3 is 9.74 Å². The fourth-order valence-electron chi connectivity index (χ4n) is 2.64. The fourth-order valence-corrected chi connectivity index (χ4v) is 9.29. The van der Waals surface area contributed by atoms with Crippen molar-refractivity contribution in [1.29, 1.82) is 0 Å². The summed E-state index contributed by atoms with van der Waals surface area (Å²) in [5.74, 6) is 1.41. The van der Waals surface area contributed by atoms with E-state index in [1.807, 2.05) is 6.92 Å². The Hall–Kier alpha value is 0.587. The highest BCUT2D eigenvalue weighted by atomic mass is 32.2. The van der Waals surface area contributed by atoms with E-state index in [2.05, 4.69) is 39.2 Å². The van der Waals surface area contributed by atoms with Crippen molar-refractivity contribution in [3.8, 4) is 0 Å². The molecule has 1 N–H and O–H groups in total. The van der Waals surface area contributed by atoms with Crippen LogP contribution in [-0.4, -0.2) is 50.2 Å². The van der Waals surface area contributed by atoms with Crippen LogP contribution >= 0.6 is 35.7 Å². The van der Waals surface area contributed by atoms with Crippen LogP contribution in [0.15, 0.2) is 0 Å². The highest BCUT2D eigenvalue weighted by molar-refractivity contribution is 8.47. The van der Waals surface area contributed by atoms with E-state index in [0.717, 1.165) is 21.5 Å². The number of rotatable bonds is 5. The molecule has 5 atom stereocenters. The van der Waals surface area contributed by atoms with Crippen molar-refractivity contribution in [2.24, 2.45) is 5.92 Å². The third kappa shape index (κ3) is 5.54. The van der Waals surface area contributed by atoms with Crippen molar-refractivity contribution in [3.05, 3.63) is 0 Å². The van der Waals surface area contributed by atoms with E-state index < -0.39 is 19.1 Å². The highest BCUT2D eigenvalue weighted by Crippen LogP contribution is 2.41. The second kappa shape index (κ2) is 8.30. The van der Waals surface area contributed by atoms with E-state index >= 15 is 0 Å². The molecule has 0 aliphatic carbocycles. The molecule has 0 radical (unpaired) electrons. The molecule has 0 aromatic heterocycles. The van der Waals surface area contributed by atoms with Crippen LogP contribution in [0.1, 0.15) is 34.1 Å².